The lowest BCUT2D eigenvalue weighted by Gasteiger charge is -2.42. The van der Waals surface area contributed by atoms with E-state index in [0.717, 1.165) is 11.8 Å². The van der Waals surface area contributed by atoms with Crippen LogP contribution in [0.4, 0.5) is 0 Å². The topological polar surface area (TPSA) is 0 Å². The molecule has 0 aromatic heterocycles. The predicted molar refractivity (Wildman–Crippen MR) is 57.6 cm³/mol. The molecule has 0 radical (unpaired) electrons. The second-order valence-corrected chi connectivity index (χ2v) is 5.92. The van der Waals surface area contributed by atoms with Crippen molar-refractivity contribution < 1.29 is 0 Å². The summed E-state index contributed by atoms with van der Waals surface area (Å²) < 4.78 is 0. The highest BCUT2D eigenvalue weighted by Crippen LogP contribution is 2.47. The van der Waals surface area contributed by atoms with Crippen LogP contribution < -0.4 is 0 Å². The molecule has 2 atom stereocenters. The van der Waals surface area contributed by atoms with Crippen molar-refractivity contribution in [3.8, 4) is 0 Å². The van der Waals surface area contributed by atoms with E-state index >= 15 is 0 Å². The Balaban J connectivity index is 2.06. The minimum Gasteiger partial charge on any atom is -0.0853 e. The minimum atomic E-state index is 0.625. The maximum atomic E-state index is 2.47. The van der Waals surface area contributed by atoms with E-state index in [2.05, 4.69) is 26.8 Å². The number of hydrogen-bond donors (Lipinski definition) is 0. The Morgan fingerprint density at radius 2 is 2.08 bits per heavy atom. The lowest BCUT2D eigenvalue weighted by atomic mass is 9.63. The first-order valence-corrected chi connectivity index (χ1v) is 5.72. The molecule has 2 aliphatic carbocycles. The molecule has 0 aromatic rings. The predicted octanol–water partition coefficient (Wildman–Crippen LogP) is 4.17. The second-order valence-electron chi connectivity index (χ2n) is 5.92. The second kappa shape index (κ2) is 3.15. The van der Waals surface area contributed by atoms with Gasteiger partial charge in [0, 0.05) is 0 Å². The van der Waals surface area contributed by atoms with Gasteiger partial charge in [0.25, 0.3) is 0 Å². The van der Waals surface area contributed by atoms with Gasteiger partial charge < -0.3 is 0 Å². The molecule has 2 rings (SSSR count). The van der Waals surface area contributed by atoms with Gasteiger partial charge in [0.1, 0.15) is 0 Å². The molecular formula is C13H22. The molecule has 0 spiro atoms. The lowest BCUT2D eigenvalue weighted by molar-refractivity contribution is 0.113. The maximum Gasteiger partial charge on any atom is -0.0292 e. The molecule has 0 heterocycles. The van der Waals surface area contributed by atoms with Gasteiger partial charge in [0.05, 0.1) is 0 Å². The van der Waals surface area contributed by atoms with Gasteiger partial charge in [0.15, 0.2) is 0 Å². The Morgan fingerprint density at radius 1 is 1.31 bits per heavy atom. The summed E-state index contributed by atoms with van der Waals surface area (Å²) in [5.41, 5.74) is 2.27. The van der Waals surface area contributed by atoms with E-state index in [0.29, 0.717) is 5.41 Å². The Kier molecular flexibility index (Phi) is 2.25. The molecule has 0 bridgehead atoms. The summed E-state index contributed by atoms with van der Waals surface area (Å²) in [6, 6.07) is 0. The Morgan fingerprint density at radius 3 is 2.85 bits per heavy atom. The number of hydrogen-bond acceptors (Lipinski definition) is 0. The molecule has 13 heavy (non-hydrogen) atoms. The molecule has 0 aromatic carbocycles. The standard InChI is InChI=1S/C13H22/c1-10-4-5-12-9-13(2,3)7-6-11(12)8-10/h4,11-12H,5-9H2,1-3H3. The molecule has 0 heteroatoms. The molecule has 74 valence electrons. The largest absolute Gasteiger partial charge is 0.0853 e. The van der Waals surface area contributed by atoms with Gasteiger partial charge in [-0.2, -0.15) is 0 Å². The summed E-state index contributed by atoms with van der Waals surface area (Å²) in [5, 5.41) is 0. The molecule has 0 amide bonds. The Bertz CT molecular complexity index is 222. The average molecular weight is 178 g/mol. The summed E-state index contributed by atoms with van der Waals surface area (Å²) in [5.74, 6) is 2.03. The van der Waals surface area contributed by atoms with Crippen LogP contribution in [0.5, 0.6) is 0 Å². The Labute approximate surface area is 82.4 Å². The zero-order valence-electron chi connectivity index (χ0n) is 9.27. The van der Waals surface area contributed by atoms with E-state index in [1.54, 1.807) is 5.57 Å². The summed E-state index contributed by atoms with van der Waals surface area (Å²) in [6.45, 7) is 7.18. The van der Waals surface area contributed by atoms with E-state index in [1.165, 1.54) is 32.1 Å². The van der Waals surface area contributed by atoms with Crippen molar-refractivity contribution in [2.75, 3.05) is 0 Å². The van der Waals surface area contributed by atoms with Gasteiger partial charge >= 0.3 is 0 Å². The van der Waals surface area contributed by atoms with Gasteiger partial charge in [-0.1, -0.05) is 25.5 Å². The first-order valence-electron chi connectivity index (χ1n) is 5.72. The van der Waals surface area contributed by atoms with Crippen molar-refractivity contribution in [2.45, 2.75) is 52.9 Å². The third kappa shape index (κ3) is 1.98. The van der Waals surface area contributed by atoms with Crippen LogP contribution in [-0.2, 0) is 0 Å². The zero-order valence-corrected chi connectivity index (χ0v) is 9.27. The smallest absolute Gasteiger partial charge is 0.0292 e. The third-order valence-corrected chi connectivity index (χ3v) is 4.03. The molecule has 0 nitrogen and oxygen atoms in total. The highest BCUT2D eigenvalue weighted by molar-refractivity contribution is 5.07. The van der Waals surface area contributed by atoms with Crippen LogP contribution in [-0.4, -0.2) is 0 Å². The highest BCUT2D eigenvalue weighted by atomic mass is 14.4. The number of rotatable bonds is 0. The molecule has 2 unspecified atom stereocenters. The SMILES string of the molecule is CC1=CCC2CC(C)(C)CCC2C1. The summed E-state index contributed by atoms with van der Waals surface area (Å²) in [4.78, 5) is 0. The van der Waals surface area contributed by atoms with Crippen LogP contribution in [0, 0.1) is 17.3 Å². The molecule has 0 aliphatic heterocycles. The van der Waals surface area contributed by atoms with Crippen LogP contribution in [0.1, 0.15) is 52.9 Å². The van der Waals surface area contributed by atoms with Crippen LogP contribution in [0.15, 0.2) is 11.6 Å². The minimum absolute atomic E-state index is 0.625. The zero-order chi connectivity index (χ0) is 9.47. The van der Waals surface area contributed by atoms with Crippen molar-refractivity contribution in [2.24, 2.45) is 17.3 Å². The van der Waals surface area contributed by atoms with E-state index in [-0.39, 0.29) is 0 Å². The van der Waals surface area contributed by atoms with Crippen molar-refractivity contribution >= 4 is 0 Å². The monoisotopic (exact) mass is 178 g/mol. The van der Waals surface area contributed by atoms with Crippen molar-refractivity contribution in [1.82, 2.24) is 0 Å². The van der Waals surface area contributed by atoms with Crippen LogP contribution >= 0.6 is 0 Å². The fourth-order valence-corrected chi connectivity index (χ4v) is 3.18. The highest BCUT2D eigenvalue weighted by Gasteiger charge is 2.35. The number of allylic oxidation sites excluding steroid dienone is 2. The average Bonchev–Trinajstić information content (AvgIpc) is 2.05. The molecule has 1 fully saturated rings. The van der Waals surface area contributed by atoms with Crippen LogP contribution in [0.3, 0.4) is 0 Å². The molecular weight excluding hydrogens is 156 g/mol. The summed E-state index contributed by atoms with van der Waals surface area (Å²) in [6.07, 6.45) is 9.61. The third-order valence-electron chi connectivity index (χ3n) is 4.03. The quantitative estimate of drug-likeness (QED) is 0.488. The van der Waals surface area contributed by atoms with Crippen molar-refractivity contribution in [3.05, 3.63) is 11.6 Å². The van der Waals surface area contributed by atoms with Gasteiger partial charge in [0.2, 0.25) is 0 Å². The molecule has 0 N–H and O–H groups in total. The van der Waals surface area contributed by atoms with E-state index in [1.807, 2.05) is 0 Å². The molecule has 2 aliphatic rings. The fourth-order valence-electron chi connectivity index (χ4n) is 3.18. The van der Waals surface area contributed by atoms with E-state index < -0.39 is 0 Å². The molecule has 1 saturated carbocycles. The van der Waals surface area contributed by atoms with Gasteiger partial charge in [-0.25, -0.2) is 0 Å². The van der Waals surface area contributed by atoms with Gasteiger partial charge in [-0.05, 0) is 56.3 Å². The fraction of sp³-hybridized carbons (Fsp3) is 0.846. The first kappa shape index (κ1) is 9.30. The van der Waals surface area contributed by atoms with Gasteiger partial charge in [-0.15, -0.1) is 0 Å². The van der Waals surface area contributed by atoms with Crippen LogP contribution in [0.2, 0.25) is 0 Å². The van der Waals surface area contributed by atoms with E-state index in [9.17, 15) is 0 Å². The normalized spacial score (nSPS) is 37.9. The van der Waals surface area contributed by atoms with E-state index in [4.69, 9.17) is 0 Å². The summed E-state index contributed by atoms with van der Waals surface area (Å²) >= 11 is 0. The first-order chi connectivity index (χ1) is 6.07. The van der Waals surface area contributed by atoms with Crippen molar-refractivity contribution in [1.29, 1.82) is 0 Å². The number of fused-ring (bicyclic) bond motifs is 1. The lowest BCUT2D eigenvalue weighted by Crippen LogP contribution is -2.31. The maximum absolute atomic E-state index is 2.47. The molecule has 0 saturated heterocycles. The van der Waals surface area contributed by atoms with Crippen LogP contribution in [0.25, 0.3) is 0 Å². The summed E-state index contributed by atoms with van der Waals surface area (Å²) in [7, 11) is 0. The Hall–Kier alpha value is -0.260. The van der Waals surface area contributed by atoms with Crippen molar-refractivity contribution in [3.63, 3.8) is 0 Å². The van der Waals surface area contributed by atoms with Gasteiger partial charge in [-0.3, -0.25) is 0 Å².